The van der Waals surface area contributed by atoms with Gasteiger partial charge in [0.2, 0.25) is 5.91 Å². The van der Waals surface area contributed by atoms with Gasteiger partial charge in [0, 0.05) is 43.3 Å². The zero-order valence-electron chi connectivity index (χ0n) is 17.9. The fourth-order valence-corrected chi connectivity index (χ4v) is 4.22. The van der Waals surface area contributed by atoms with Crippen molar-refractivity contribution in [2.45, 2.75) is 27.3 Å². The Morgan fingerprint density at radius 3 is 2.43 bits per heavy atom. The van der Waals surface area contributed by atoms with Crippen LogP contribution >= 0.6 is 35.3 Å². The molecule has 1 aromatic carbocycles. The van der Waals surface area contributed by atoms with Crippen LogP contribution in [0.1, 0.15) is 22.5 Å². The number of piperazine rings is 1. The molecule has 0 bridgehead atoms. The van der Waals surface area contributed by atoms with E-state index >= 15 is 0 Å². The number of amides is 1. The highest BCUT2D eigenvalue weighted by atomic mass is 127. The molecule has 0 unspecified atom stereocenters. The van der Waals surface area contributed by atoms with E-state index in [1.165, 1.54) is 10.6 Å². The van der Waals surface area contributed by atoms with Crippen LogP contribution < -0.4 is 15.5 Å². The molecule has 1 saturated heterocycles. The number of para-hydroxylation sites is 1. The van der Waals surface area contributed by atoms with Crippen molar-refractivity contribution in [3.63, 3.8) is 0 Å². The summed E-state index contributed by atoms with van der Waals surface area (Å²) < 4.78 is 0. The molecule has 0 saturated carbocycles. The molecule has 2 aromatic rings. The first-order chi connectivity index (χ1) is 14.1. The number of hydrogen-bond donors (Lipinski definition) is 2. The highest BCUT2D eigenvalue weighted by molar-refractivity contribution is 14.0. The Labute approximate surface area is 200 Å². The van der Waals surface area contributed by atoms with Gasteiger partial charge in [-0.2, -0.15) is 0 Å². The first-order valence-corrected chi connectivity index (χ1v) is 10.9. The molecule has 1 aromatic heterocycles. The zero-order valence-corrected chi connectivity index (χ0v) is 21.0. The summed E-state index contributed by atoms with van der Waals surface area (Å²) in [5.41, 5.74) is 2.26. The van der Waals surface area contributed by atoms with Gasteiger partial charge in [-0.25, -0.2) is 9.98 Å². The molecule has 9 heteroatoms. The summed E-state index contributed by atoms with van der Waals surface area (Å²) in [6, 6.07) is 10.3. The Hall–Kier alpha value is -1.88. The predicted molar refractivity (Wildman–Crippen MR) is 135 cm³/mol. The van der Waals surface area contributed by atoms with Crippen molar-refractivity contribution >= 4 is 52.9 Å². The molecule has 2 heterocycles. The summed E-state index contributed by atoms with van der Waals surface area (Å²) in [6.45, 7) is 10.8. The summed E-state index contributed by atoms with van der Waals surface area (Å²) in [6.07, 6.45) is 0. The fraction of sp³-hybridized carbons (Fsp3) is 0.476. The normalized spacial score (nSPS) is 14.3. The maximum absolute atomic E-state index is 12.6. The molecule has 0 radical (unpaired) electrons. The molecule has 1 fully saturated rings. The Balaban J connectivity index is 0.00000320. The molecule has 1 aliphatic heterocycles. The van der Waals surface area contributed by atoms with Gasteiger partial charge < -0.3 is 20.4 Å². The number of nitrogens with one attached hydrogen (secondary N) is 2. The van der Waals surface area contributed by atoms with Gasteiger partial charge in [0.25, 0.3) is 0 Å². The Morgan fingerprint density at radius 1 is 1.13 bits per heavy atom. The second-order valence-corrected chi connectivity index (χ2v) is 8.28. The van der Waals surface area contributed by atoms with Crippen LogP contribution in [0.5, 0.6) is 0 Å². The minimum absolute atomic E-state index is 0. The number of carbonyl (C=O) groups is 1. The van der Waals surface area contributed by atoms with Crippen LogP contribution in [0.15, 0.2) is 35.3 Å². The van der Waals surface area contributed by atoms with Gasteiger partial charge in [0.1, 0.15) is 6.54 Å². The standard InChI is InChI=1S/C21H30N6OS.HI/c1-4-22-21(23-14-19-16(2)25-17(3)29-19)24-15-20(28)27-12-10-26(11-13-27)18-8-6-5-7-9-18;/h5-9H,4,10-15H2,1-3H3,(H2,22,23,24);1H. The van der Waals surface area contributed by atoms with Crippen LogP contribution in [0.3, 0.4) is 0 Å². The average molecular weight is 542 g/mol. The molecular weight excluding hydrogens is 511 g/mol. The smallest absolute Gasteiger partial charge is 0.244 e. The Bertz CT molecular complexity index is 833. The Kier molecular flexibility index (Phi) is 9.83. The third-order valence-electron chi connectivity index (χ3n) is 4.89. The van der Waals surface area contributed by atoms with Gasteiger partial charge in [0.15, 0.2) is 5.96 Å². The van der Waals surface area contributed by atoms with E-state index in [0.717, 1.165) is 43.4 Å². The molecule has 30 heavy (non-hydrogen) atoms. The van der Waals surface area contributed by atoms with Crippen LogP contribution in [0.2, 0.25) is 0 Å². The van der Waals surface area contributed by atoms with Crippen molar-refractivity contribution in [2.75, 3.05) is 44.2 Å². The minimum atomic E-state index is 0. The van der Waals surface area contributed by atoms with Gasteiger partial charge in [-0.1, -0.05) is 18.2 Å². The van der Waals surface area contributed by atoms with E-state index in [4.69, 9.17) is 0 Å². The molecule has 1 aliphatic rings. The summed E-state index contributed by atoms with van der Waals surface area (Å²) in [4.78, 5) is 27.0. The quantitative estimate of drug-likeness (QED) is 0.334. The molecule has 164 valence electrons. The van der Waals surface area contributed by atoms with E-state index in [0.29, 0.717) is 12.5 Å². The molecular formula is C21H31IN6OS. The van der Waals surface area contributed by atoms with Crippen LogP contribution in [-0.4, -0.2) is 61.0 Å². The molecule has 1 amide bonds. The minimum Gasteiger partial charge on any atom is -0.368 e. The number of guanidine groups is 1. The predicted octanol–water partition coefficient (Wildman–Crippen LogP) is 2.78. The number of nitrogens with zero attached hydrogens (tertiary/aromatic N) is 4. The van der Waals surface area contributed by atoms with Crippen molar-refractivity contribution in [1.82, 2.24) is 20.5 Å². The first kappa shape index (κ1) is 24.4. The molecule has 0 atom stereocenters. The van der Waals surface area contributed by atoms with E-state index in [9.17, 15) is 4.79 Å². The number of benzene rings is 1. The molecule has 0 aliphatic carbocycles. The lowest BCUT2D eigenvalue weighted by molar-refractivity contribution is -0.129. The van der Waals surface area contributed by atoms with Crippen molar-refractivity contribution in [1.29, 1.82) is 0 Å². The largest absolute Gasteiger partial charge is 0.368 e. The van der Waals surface area contributed by atoms with Crippen LogP contribution in [-0.2, 0) is 11.3 Å². The van der Waals surface area contributed by atoms with Crippen molar-refractivity contribution < 1.29 is 4.79 Å². The summed E-state index contributed by atoms with van der Waals surface area (Å²) in [7, 11) is 0. The summed E-state index contributed by atoms with van der Waals surface area (Å²) in [5, 5.41) is 7.58. The van der Waals surface area contributed by atoms with Crippen molar-refractivity contribution in [3.8, 4) is 0 Å². The van der Waals surface area contributed by atoms with Crippen molar-refractivity contribution in [2.24, 2.45) is 4.99 Å². The lowest BCUT2D eigenvalue weighted by atomic mass is 10.2. The number of thiazole rings is 1. The third kappa shape index (κ3) is 6.83. The lowest BCUT2D eigenvalue weighted by Crippen LogP contribution is -2.49. The maximum Gasteiger partial charge on any atom is 0.244 e. The molecule has 0 spiro atoms. The molecule has 7 nitrogen and oxygen atoms in total. The Morgan fingerprint density at radius 2 is 1.83 bits per heavy atom. The number of halogens is 1. The van der Waals surface area contributed by atoms with Crippen LogP contribution in [0.25, 0.3) is 0 Å². The molecule has 2 N–H and O–H groups in total. The number of aliphatic imine (C=N–C) groups is 1. The number of hydrogen-bond acceptors (Lipinski definition) is 5. The van der Waals surface area contributed by atoms with Gasteiger partial charge in [-0.3, -0.25) is 4.79 Å². The summed E-state index contributed by atoms with van der Waals surface area (Å²) >= 11 is 1.68. The number of rotatable bonds is 6. The van der Waals surface area contributed by atoms with E-state index in [-0.39, 0.29) is 36.4 Å². The summed E-state index contributed by atoms with van der Waals surface area (Å²) in [5.74, 6) is 0.731. The van der Waals surface area contributed by atoms with Gasteiger partial charge in [0.05, 0.1) is 17.2 Å². The second-order valence-electron chi connectivity index (χ2n) is 6.99. The van der Waals surface area contributed by atoms with Crippen molar-refractivity contribution in [3.05, 3.63) is 45.9 Å². The molecule has 3 rings (SSSR count). The SMILES string of the molecule is CCNC(=NCC(=O)N1CCN(c2ccccc2)CC1)NCc1sc(C)nc1C.I. The number of aromatic nitrogens is 1. The van der Waals surface area contributed by atoms with Crippen LogP contribution in [0, 0.1) is 13.8 Å². The van der Waals surface area contributed by atoms with E-state index in [1.54, 1.807) is 11.3 Å². The number of aryl methyl sites for hydroxylation is 2. The monoisotopic (exact) mass is 542 g/mol. The topological polar surface area (TPSA) is 72.9 Å². The van der Waals surface area contributed by atoms with E-state index in [1.807, 2.05) is 43.9 Å². The highest BCUT2D eigenvalue weighted by Gasteiger charge is 2.21. The first-order valence-electron chi connectivity index (χ1n) is 10.1. The second kappa shape index (κ2) is 12.1. The van der Waals surface area contributed by atoms with E-state index in [2.05, 4.69) is 37.6 Å². The number of anilines is 1. The van der Waals surface area contributed by atoms with Gasteiger partial charge in [-0.05, 0) is 32.9 Å². The van der Waals surface area contributed by atoms with Gasteiger partial charge in [-0.15, -0.1) is 35.3 Å². The average Bonchev–Trinajstić information content (AvgIpc) is 3.07. The van der Waals surface area contributed by atoms with E-state index < -0.39 is 0 Å². The number of carbonyl (C=O) groups excluding carboxylic acids is 1. The van der Waals surface area contributed by atoms with Crippen LogP contribution in [0.4, 0.5) is 5.69 Å². The maximum atomic E-state index is 12.6. The van der Waals surface area contributed by atoms with Gasteiger partial charge >= 0.3 is 0 Å². The third-order valence-corrected chi connectivity index (χ3v) is 5.96. The highest BCUT2D eigenvalue weighted by Crippen LogP contribution is 2.17. The fourth-order valence-electron chi connectivity index (χ4n) is 3.34. The lowest BCUT2D eigenvalue weighted by Gasteiger charge is -2.36. The zero-order chi connectivity index (χ0) is 20.6.